The lowest BCUT2D eigenvalue weighted by molar-refractivity contribution is 0.0937. The maximum atomic E-state index is 12.7. The van der Waals surface area contributed by atoms with Crippen LogP contribution in [0.1, 0.15) is 40.4 Å². The van der Waals surface area contributed by atoms with Crippen molar-refractivity contribution in [2.45, 2.75) is 25.8 Å². The van der Waals surface area contributed by atoms with E-state index >= 15 is 0 Å². The molecule has 1 fully saturated rings. The molecular weight excluding hydrogens is 340 g/mol. The minimum Gasteiger partial charge on any atom is -0.493 e. The number of amides is 1. The zero-order chi connectivity index (χ0) is 19.2. The monoisotopic (exact) mass is 368 g/mol. The number of nitrogens with zero attached hydrogens (tertiary/aromatic N) is 1. The normalized spacial score (nSPS) is 15.4. The van der Waals surface area contributed by atoms with E-state index in [2.05, 4.69) is 41.4 Å². The second-order valence-electron chi connectivity index (χ2n) is 6.95. The molecule has 0 aromatic heterocycles. The molecule has 0 spiro atoms. The molecule has 2 aromatic carbocycles. The molecule has 2 aromatic rings. The van der Waals surface area contributed by atoms with Crippen LogP contribution in [0.3, 0.4) is 0 Å². The van der Waals surface area contributed by atoms with Crippen molar-refractivity contribution in [3.63, 3.8) is 0 Å². The number of ether oxygens (including phenoxy) is 2. The number of benzene rings is 2. The average Bonchev–Trinajstić information content (AvgIpc) is 3.23. The summed E-state index contributed by atoms with van der Waals surface area (Å²) in [7, 11) is 3.15. The first-order valence-electron chi connectivity index (χ1n) is 9.43. The lowest BCUT2D eigenvalue weighted by Gasteiger charge is -2.28. The molecule has 1 amide bonds. The molecule has 0 aliphatic carbocycles. The highest BCUT2D eigenvalue weighted by molar-refractivity contribution is 5.94. The van der Waals surface area contributed by atoms with Crippen LogP contribution in [0.15, 0.2) is 42.5 Å². The molecule has 1 aliphatic heterocycles. The van der Waals surface area contributed by atoms with Crippen LogP contribution in [0.2, 0.25) is 0 Å². The quantitative estimate of drug-likeness (QED) is 0.812. The molecule has 0 saturated carbocycles. The maximum absolute atomic E-state index is 12.7. The van der Waals surface area contributed by atoms with Gasteiger partial charge in [-0.1, -0.05) is 29.8 Å². The largest absolute Gasteiger partial charge is 0.493 e. The predicted molar refractivity (Wildman–Crippen MR) is 107 cm³/mol. The summed E-state index contributed by atoms with van der Waals surface area (Å²) in [6.45, 7) is 4.82. The lowest BCUT2D eigenvalue weighted by Crippen LogP contribution is -2.36. The summed E-state index contributed by atoms with van der Waals surface area (Å²) >= 11 is 0. The van der Waals surface area contributed by atoms with Gasteiger partial charge in [0, 0.05) is 12.1 Å². The van der Waals surface area contributed by atoms with Gasteiger partial charge < -0.3 is 14.8 Å². The Morgan fingerprint density at radius 1 is 1.04 bits per heavy atom. The van der Waals surface area contributed by atoms with Crippen LogP contribution in [-0.2, 0) is 0 Å². The number of carbonyl (C=O) groups is 1. The Bertz CT molecular complexity index is 768. The van der Waals surface area contributed by atoms with Gasteiger partial charge in [0.25, 0.3) is 5.91 Å². The fraction of sp³-hybridized carbons (Fsp3) is 0.409. The number of hydrogen-bond acceptors (Lipinski definition) is 4. The van der Waals surface area contributed by atoms with Gasteiger partial charge in [-0.05, 0) is 56.6 Å². The summed E-state index contributed by atoms with van der Waals surface area (Å²) in [6, 6.07) is 14.0. The summed E-state index contributed by atoms with van der Waals surface area (Å²) in [5.41, 5.74) is 3.06. The van der Waals surface area contributed by atoms with Crippen LogP contribution < -0.4 is 14.8 Å². The summed E-state index contributed by atoms with van der Waals surface area (Å²) in [6.07, 6.45) is 2.43. The van der Waals surface area contributed by atoms with Gasteiger partial charge in [-0.15, -0.1) is 0 Å². The van der Waals surface area contributed by atoms with Gasteiger partial charge in [-0.2, -0.15) is 0 Å². The molecule has 1 saturated heterocycles. The van der Waals surface area contributed by atoms with Crippen LogP contribution in [-0.4, -0.2) is 44.7 Å². The number of aryl methyl sites for hydroxylation is 1. The van der Waals surface area contributed by atoms with Crippen molar-refractivity contribution in [3.05, 3.63) is 59.2 Å². The molecule has 1 atom stereocenters. The second kappa shape index (κ2) is 8.91. The smallest absolute Gasteiger partial charge is 0.251 e. The molecule has 1 unspecified atom stereocenters. The lowest BCUT2D eigenvalue weighted by atomic mass is 10.0. The number of nitrogens with one attached hydrogen (secondary N) is 1. The van der Waals surface area contributed by atoms with Crippen molar-refractivity contribution in [2.75, 3.05) is 33.9 Å². The Labute approximate surface area is 161 Å². The molecular formula is C22H28N2O3. The first kappa shape index (κ1) is 19.2. The summed E-state index contributed by atoms with van der Waals surface area (Å²) in [5.74, 6) is 1.07. The van der Waals surface area contributed by atoms with Gasteiger partial charge in [-0.25, -0.2) is 0 Å². The van der Waals surface area contributed by atoms with E-state index in [1.54, 1.807) is 32.4 Å². The first-order chi connectivity index (χ1) is 13.1. The SMILES string of the molecule is COc1ccc(C(=O)NCC(c2ccc(C)cc2)N2CCCC2)cc1OC. The highest BCUT2D eigenvalue weighted by Crippen LogP contribution is 2.28. The van der Waals surface area contributed by atoms with E-state index in [9.17, 15) is 4.79 Å². The Morgan fingerprint density at radius 2 is 1.70 bits per heavy atom. The fourth-order valence-electron chi connectivity index (χ4n) is 3.57. The van der Waals surface area contributed by atoms with Gasteiger partial charge in [0.15, 0.2) is 11.5 Å². The van der Waals surface area contributed by atoms with Gasteiger partial charge >= 0.3 is 0 Å². The Morgan fingerprint density at radius 3 is 2.33 bits per heavy atom. The summed E-state index contributed by atoms with van der Waals surface area (Å²) in [4.78, 5) is 15.1. The molecule has 5 heteroatoms. The van der Waals surface area contributed by atoms with Gasteiger partial charge in [-0.3, -0.25) is 9.69 Å². The topological polar surface area (TPSA) is 50.8 Å². The molecule has 0 radical (unpaired) electrons. The van der Waals surface area contributed by atoms with E-state index in [1.165, 1.54) is 24.0 Å². The molecule has 144 valence electrons. The molecule has 27 heavy (non-hydrogen) atoms. The van der Waals surface area contributed by atoms with E-state index in [4.69, 9.17) is 9.47 Å². The Balaban J connectivity index is 1.73. The minimum atomic E-state index is -0.104. The third-order valence-corrected chi connectivity index (χ3v) is 5.15. The van der Waals surface area contributed by atoms with Crippen molar-refractivity contribution in [1.82, 2.24) is 10.2 Å². The zero-order valence-electron chi connectivity index (χ0n) is 16.3. The second-order valence-corrected chi connectivity index (χ2v) is 6.95. The number of hydrogen-bond donors (Lipinski definition) is 1. The van der Waals surface area contributed by atoms with Crippen molar-refractivity contribution in [3.8, 4) is 11.5 Å². The zero-order valence-corrected chi connectivity index (χ0v) is 16.3. The molecule has 1 N–H and O–H groups in total. The minimum absolute atomic E-state index is 0.104. The van der Waals surface area contributed by atoms with E-state index < -0.39 is 0 Å². The van der Waals surface area contributed by atoms with Crippen molar-refractivity contribution in [2.24, 2.45) is 0 Å². The Hall–Kier alpha value is -2.53. The highest BCUT2D eigenvalue weighted by Gasteiger charge is 2.24. The van der Waals surface area contributed by atoms with Crippen LogP contribution in [0, 0.1) is 6.92 Å². The summed E-state index contributed by atoms with van der Waals surface area (Å²) in [5, 5.41) is 3.10. The van der Waals surface area contributed by atoms with Crippen LogP contribution >= 0.6 is 0 Å². The van der Waals surface area contributed by atoms with Crippen LogP contribution in [0.4, 0.5) is 0 Å². The Kier molecular flexibility index (Phi) is 6.35. The fourth-order valence-corrected chi connectivity index (χ4v) is 3.57. The van der Waals surface area contributed by atoms with Crippen molar-refractivity contribution in [1.29, 1.82) is 0 Å². The highest BCUT2D eigenvalue weighted by atomic mass is 16.5. The first-order valence-corrected chi connectivity index (χ1v) is 9.43. The molecule has 0 bridgehead atoms. The number of likely N-dealkylation sites (tertiary alicyclic amines) is 1. The molecule has 3 rings (SSSR count). The molecule has 5 nitrogen and oxygen atoms in total. The third-order valence-electron chi connectivity index (χ3n) is 5.15. The van der Waals surface area contributed by atoms with Gasteiger partial charge in [0.05, 0.1) is 20.3 Å². The predicted octanol–water partition coefficient (Wildman–Crippen LogP) is 3.58. The number of carbonyl (C=O) groups excluding carboxylic acids is 1. The summed E-state index contributed by atoms with van der Waals surface area (Å²) < 4.78 is 10.5. The standard InChI is InChI=1S/C22H28N2O3/c1-16-6-8-17(9-7-16)19(24-12-4-5-13-24)15-23-22(25)18-10-11-20(26-2)21(14-18)27-3/h6-11,14,19H,4-5,12-13,15H2,1-3H3,(H,23,25). The van der Waals surface area contributed by atoms with E-state index in [-0.39, 0.29) is 11.9 Å². The van der Waals surface area contributed by atoms with Crippen LogP contribution in [0.5, 0.6) is 11.5 Å². The average molecular weight is 368 g/mol. The van der Waals surface area contributed by atoms with Crippen molar-refractivity contribution >= 4 is 5.91 Å². The maximum Gasteiger partial charge on any atom is 0.251 e. The van der Waals surface area contributed by atoms with Crippen molar-refractivity contribution < 1.29 is 14.3 Å². The number of methoxy groups -OCH3 is 2. The molecule has 1 aliphatic rings. The van der Waals surface area contributed by atoms with E-state index in [0.29, 0.717) is 23.6 Å². The van der Waals surface area contributed by atoms with E-state index in [0.717, 1.165) is 13.1 Å². The molecule has 1 heterocycles. The van der Waals surface area contributed by atoms with Gasteiger partial charge in [0.2, 0.25) is 0 Å². The van der Waals surface area contributed by atoms with Gasteiger partial charge in [0.1, 0.15) is 0 Å². The van der Waals surface area contributed by atoms with Crippen LogP contribution in [0.25, 0.3) is 0 Å². The third kappa shape index (κ3) is 4.61. The van der Waals surface area contributed by atoms with E-state index in [1.807, 2.05) is 0 Å². The number of rotatable bonds is 7.